The standard InChI is InChI=1S/C51H95NO10/c1-7-11-15-19-21-26-35-44(33-24-17-13-9-3)49(55)59-39-29-23-28-37-47(53)62-46(43-48(54)58-42-32-38-52(5)6)51(57)61-41-31-30-40-60-50(56)45(34-25-18-14-10-4)36-27-22-20-16-12-8-2/h44-46H,7-43H2,1-6H3. The maximum Gasteiger partial charge on any atom is 0.348 e. The number of nitrogens with zero attached hydrogens (tertiary/aromatic N) is 1. The fourth-order valence-electron chi connectivity index (χ4n) is 7.50. The first kappa shape index (κ1) is 59.3. The van der Waals surface area contributed by atoms with Crippen LogP contribution in [-0.4, -0.2) is 87.9 Å². The summed E-state index contributed by atoms with van der Waals surface area (Å²) in [7, 11) is 3.86. The van der Waals surface area contributed by atoms with Crippen LogP contribution in [0.3, 0.4) is 0 Å². The highest BCUT2D eigenvalue weighted by molar-refractivity contribution is 5.84. The van der Waals surface area contributed by atoms with E-state index in [4.69, 9.17) is 23.7 Å². The summed E-state index contributed by atoms with van der Waals surface area (Å²) in [5.41, 5.74) is 0. The number of unbranched alkanes of at least 4 members (excludes halogenated alkanes) is 19. The summed E-state index contributed by atoms with van der Waals surface area (Å²) >= 11 is 0. The van der Waals surface area contributed by atoms with Gasteiger partial charge in [0.05, 0.1) is 44.7 Å². The number of ether oxygens (including phenoxy) is 5. The van der Waals surface area contributed by atoms with Crippen molar-refractivity contribution >= 4 is 29.8 Å². The minimum absolute atomic E-state index is 0.0395. The maximum absolute atomic E-state index is 13.1. The molecule has 11 heteroatoms. The molecule has 0 aromatic rings. The molecule has 0 N–H and O–H groups in total. The molecule has 0 aromatic carbocycles. The Morgan fingerprint density at radius 2 is 0.742 bits per heavy atom. The Balaban J connectivity index is 4.92. The third-order valence-corrected chi connectivity index (χ3v) is 11.5. The molecular weight excluding hydrogens is 787 g/mol. The van der Waals surface area contributed by atoms with E-state index in [1.165, 1.54) is 64.2 Å². The molecule has 0 bridgehead atoms. The summed E-state index contributed by atoms with van der Waals surface area (Å²) in [6.07, 6.45) is 28.4. The molecule has 0 spiro atoms. The molecular formula is C51H95NO10. The lowest BCUT2D eigenvalue weighted by Gasteiger charge is -2.17. The first-order chi connectivity index (χ1) is 30.1. The summed E-state index contributed by atoms with van der Waals surface area (Å²) in [6.45, 7) is 10.3. The van der Waals surface area contributed by atoms with Crippen LogP contribution in [0.2, 0.25) is 0 Å². The van der Waals surface area contributed by atoms with Gasteiger partial charge in [-0.3, -0.25) is 19.2 Å². The van der Waals surface area contributed by atoms with Crippen LogP contribution in [0.1, 0.15) is 233 Å². The van der Waals surface area contributed by atoms with Gasteiger partial charge in [0.2, 0.25) is 6.10 Å². The molecule has 11 nitrogen and oxygen atoms in total. The monoisotopic (exact) mass is 882 g/mol. The highest BCUT2D eigenvalue weighted by Crippen LogP contribution is 2.22. The van der Waals surface area contributed by atoms with Crippen LogP contribution >= 0.6 is 0 Å². The van der Waals surface area contributed by atoms with Crippen molar-refractivity contribution in [2.45, 2.75) is 239 Å². The second-order valence-corrected chi connectivity index (χ2v) is 17.8. The first-order valence-electron chi connectivity index (χ1n) is 25.6. The van der Waals surface area contributed by atoms with Crippen molar-refractivity contribution in [1.29, 1.82) is 0 Å². The van der Waals surface area contributed by atoms with Gasteiger partial charge in [-0.2, -0.15) is 0 Å². The smallest absolute Gasteiger partial charge is 0.348 e. The lowest BCUT2D eigenvalue weighted by atomic mass is 9.94. The summed E-state index contributed by atoms with van der Waals surface area (Å²) in [6, 6.07) is 0. The van der Waals surface area contributed by atoms with E-state index in [0.717, 1.165) is 96.4 Å². The van der Waals surface area contributed by atoms with E-state index in [9.17, 15) is 24.0 Å². The van der Waals surface area contributed by atoms with Crippen LogP contribution in [0.5, 0.6) is 0 Å². The highest BCUT2D eigenvalue weighted by Gasteiger charge is 2.28. The van der Waals surface area contributed by atoms with E-state index in [0.29, 0.717) is 45.1 Å². The van der Waals surface area contributed by atoms with Gasteiger partial charge in [0.1, 0.15) is 0 Å². The molecule has 0 rings (SSSR count). The zero-order valence-corrected chi connectivity index (χ0v) is 40.9. The summed E-state index contributed by atoms with van der Waals surface area (Å²) in [4.78, 5) is 66.6. The summed E-state index contributed by atoms with van der Waals surface area (Å²) in [5.74, 6) is -2.41. The van der Waals surface area contributed by atoms with Crippen LogP contribution in [0.15, 0.2) is 0 Å². The highest BCUT2D eigenvalue weighted by atomic mass is 16.6. The largest absolute Gasteiger partial charge is 0.466 e. The van der Waals surface area contributed by atoms with Crippen molar-refractivity contribution < 1.29 is 47.7 Å². The molecule has 0 radical (unpaired) electrons. The average Bonchev–Trinajstić information content (AvgIpc) is 3.25. The van der Waals surface area contributed by atoms with E-state index >= 15 is 0 Å². The minimum atomic E-state index is -1.42. The zero-order valence-electron chi connectivity index (χ0n) is 40.9. The van der Waals surface area contributed by atoms with Crippen molar-refractivity contribution in [2.75, 3.05) is 47.1 Å². The average molecular weight is 882 g/mol. The molecule has 0 aliphatic rings. The molecule has 0 aliphatic heterocycles. The molecule has 0 saturated carbocycles. The Labute approximate surface area is 379 Å². The molecule has 364 valence electrons. The fourth-order valence-corrected chi connectivity index (χ4v) is 7.50. The topological polar surface area (TPSA) is 135 Å². The second-order valence-electron chi connectivity index (χ2n) is 17.8. The van der Waals surface area contributed by atoms with Gasteiger partial charge in [0.25, 0.3) is 0 Å². The molecule has 0 heterocycles. The van der Waals surface area contributed by atoms with Crippen molar-refractivity contribution in [3.63, 3.8) is 0 Å². The van der Waals surface area contributed by atoms with Crippen molar-refractivity contribution in [3.05, 3.63) is 0 Å². The molecule has 0 amide bonds. The van der Waals surface area contributed by atoms with E-state index in [1.54, 1.807) is 0 Å². The number of esters is 5. The number of carbonyl (C=O) groups excluding carboxylic acids is 5. The third-order valence-electron chi connectivity index (χ3n) is 11.5. The van der Waals surface area contributed by atoms with Crippen molar-refractivity contribution in [1.82, 2.24) is 4.90 Å². The SMILES string of the molecule is CCCCCCCCC(CCCCCC)C(=O)OCCCCCC(=O)OC(CC(=O)OCCCN(C)C)C(=O)OCCCCOC(=O)C(CCCCCC)CCCCCCCC. The first-order valence-corrected chi connectivity index (χ1v) is 25.6. The van der Waals surface area contributed by atoms with Gasteiger partial charge in [-0.1, -0.05) is 156 Å². The van der Waals surface area contributed by atoms with E-state index in [2.05, 4.69) is 27.7 Å². The Bertz CT molecular complexity index is 1100. The molecule has 3 unspecified atom stereocenters. The van der Waals surface area contributed by atoms with Crippen LogP contribution in [0.25, 0.3) is 0 Å². The second kappa shape index (κ2) is 43.6. The van der Waals surface area contributed by atoms with E-state index in [-0.39, 0.29) is 50.0 Å². The molecule has 0 aromatic heterocycles. The van der Waals surface area contributed by atoms with Crippen molar-refractivity contribution in [3.8, 4) is 0 Å². The number of hydrogen-bond donors (Lipinski definition) is 0. The summed E-state index contributed by atoms with van der Waals surface area (Å²) < 4.78 is 27.6. The Kier molecular flexibility index (Phi) is 41.7. The van der Waals surface area contributed by atoms with E-state index in [1.807, 2.05) is 19.0 Å². The predicted molar refractivity (Wildman–Crippen MR) is 250 cm³/mol. The van der Waals surface area contributed by atoms with Gasteiger partial charge >= 0.3 is 29.8 Å². The van der Waals surface area contributed by atoms with Gasteiger partial charge in [-0.25, -0.2) is 4.79 Å². The number of carbonyl (C=O) groups is 5. The van der Waals surface area contributed by atoms with Crippen LogP contribution in [0.4, 0.5) is 0 Å². The molecule has 0 saturated heterocycles. The Hall–Kier alpha value is -2.69. The predicted octanol–water partition coefficient (Wildman–Crippen LogP) is 12.4. The third kappa shape index (κ3) is 36.8. The quantitative estimate of drug-likeness (QED) is 0.0328. The van der Waals surface area contributed by atoms with Crippen LogP contribution in [0, 0.1) is 11.8 Å². The number of rotatable bonds is 45. The minimum Gasteiger partial charge on any atom is -0.466 e. The lowest BCUT2D eigenvalue weighted by molar-refractivity contribution is -0.172. The van der Waals surface area contributed by atoms with Gasteiger partial charge in [-0.15, -0.1) is 0 Å². The fraction of sp³-hybridized carbons (Fsp3) is 0.902. The van der Waals surface area contributed by atoms with Gasteiger partial charge in [-0.05, 0) is 78.3 Å². The van der Waals surface area contributed by atoms with Crippen LogP contribution in [-0.2, 0) is 47.7 Å². The van der Waals surface area contributed by atoms with Crippen molar-refractivity contribution in [2.24, 2.45) is 11.8 Å². The number of hydrogen-bond acceptors (Lipinski definition) is 11. The zero-order chi connectivity index (χ0) is 45.9. The Morgan fingerprint density at radius 1 is 0.387 bits per heavy atom. The van der Waals surface area contributed by atoms with Crippen LogP contribution < -0.4 is 0 Å². The van der Waals surface area contributed by atoms with E-state index < -0.39 is 30.4 Å². The summed E-state index contributed by atoms with van der Waals surface area (Å²) in [5, 5.41) is 0. The lowest BCUT2D eigenvalue weighted by Crippen LogP contribution is -2.32. The molecule has 62 heavy (non-hydrogen) atoms. The Morgan fingerprint density at radius 3 is 1.18 bits per heavy atom. The maximum atomic E-state index is 13.1. The molecule has 0 aliphatic carbocycles. The van der Waals surface area contributed by atoms with Gasteiger partial charge < -0.3 is 28.6 Å². The normalized spacial score (nSPS) is 12.8. The molecule has 0 fully saturated rings. The van der Waals surface area contributed by atoms with Gasteiger partial charge in [0, 0.05) is 13.0 Å². The van der Waals surface area contributed by atoms with Gasteiger partial charge in [0.15, 0.2) is 0 Å². The molecule has 3 atom stereocenters.